The van der Waals surface area contributed by atoms with E-state index in [1.807, 2.05) is 6.92 Å². The van der Waals surface area contributed by atoms with Crippen molar-refractivity contribution < 1.29 is 14.0 Å². The topological polar surface area (TPSA) is 43.4 Å². The molecule has 0 aliphatic rings. The third kappa shape index (κ3) is 5.91. The highest BCUT2D eigenvalue weighted by Gasteiger charge is 2.38. The minimum Gasteiger partial charge on any atom is -0.414 e. The van der Waals surface area contributed by atoms with E-state index in [0.29, 0.717) is 12.8 Å². The monoisotopic (exact) mass is 272 g/mol. The lowest BCUT2D eigenvalue weighted by Gasteiger charge is -2.38. The van der Waals surface area contributed by atoms with Gasteiger partial charge in [-0.1, -0.05) is 27.7 Å². The van der Waals surface area contributed by atoms with Gasteiger partial charge in [0.25, 0.3) is 0 Å². The molecule has 106 valence electrons. The number of carbonyl (C=O) groups excluding carboxylic acids is 2. The third-order valence-corrected chi connectivity index (χ3v) is 8.21. The number of hydrogen-bond donors (Lipinski definition) is 0. The Morgan fingerprint density at radius 1 is 1.17 bits per heavy atom. The van der Waals surface area contributed by atoms with Crippen molar-refractivity contribution in [3.8, 4) is 0 Å². The minimum absolute atomic E-state index is 0.00643. The molecule has 0 saturated carbocycles. The average molecular weight is 272 g/mol. The molecule has 0 saturated heterocycles. The predicted octanol–water partition coefficient (Wildman–Crippen LogP) is 3.73. The molecule has 0 aromatic heterocycles. The largest absolute Gasteiger partial charge is 0.414 e. The second-order valence-electron chi connectivity index (χ2n) is 6.50. The van der Waals surface area contributed by atoms with Gasteiger partial charge >= 0.3 is 0 Å². The first-order valence-electron chi connectivity index (χ1n) is 6.70. The normalized spacial score (nSPS) is 14.4. The van der Waals surface area contributed by atoms with Crippen LogP contribution in [-0.2, 0) is 14.0 Å². The third-order valence-electron chi connectivity index (χ3n) is 3.61. The highest BCUT2D eigenvalue weighted by Crippen LogP contribution is 2.37. The van der Waals surface area contributed by atoms with Gasteiger partial charge in [-0.3, -0.25) is 9.59 Å². The molecule has 1 atom stereocenters. The van der Waals surface area contributed by atoms with Gasteiger partial charge in [0.2, 0.25) is 0 Å². The van der Waals surface area contributed by atoms with Gasteiger partial charge in [-0.05, 0) is 25.1 Å². The van der Waals surface area contributed by atoms with Gasteiger partial charge in [-0.2, -0.15) is 0 Å². The zero-order valence-corrected chi connectivity index (χ0v) is 13.9. The van der Waals surface area contributed by atoms with Gasteiger partial charge in [-0.25, -0.2) is 0 Å². The van der Waals surface area contributed by atoms with Gasteiger partial charge in [0.1, 0.15) is 11.6 Å². The molecule has 0 fully saturated rings. The maximum atomic E-state index is 11.7. The van der Waals surface area contributed by atoms with E-state index in [0.717, 1.165) is 0 Å². The van der Waals surface area contributed by atoms with E-state index in [9.17, 15) is 9.59 Å². The standard InChI is InChI=1S/C14H28O3Si/c1-8-12(15)10-13(16)9-11(2)17-18(6,7)14(3,4)5/h11H,8-10H2,1-7H3/t11-/m1/s1. The molecule has 4 heteroatoms. The van der Waals surface area contributed by atoms with Crippen LogP contribution >= 0.6 is 0 Å². The van der Waals surface area contributed by atoms with Crippen LogP contribution in [0.1, 0.15) is 53.9 Å². The van der Waals surface area contributed by atoms with Crippen LogP contribution in [0.15, 0.2) is 0 Å². The molecule has 0 bridgehead atoms. The van der Waals surface area contributed by atoms with E-state index < -0.39 is 8.32 Å². The molecular weight excluding hydrogens is 244 g/mol. The Labute approximate surface area is 112 Å². The number of rotatable bonds is 7. The maximum Gasteiger partial charge on any atom is 0.192 e. The lowest BCUT2D eigenvalue weighted by atomic mass is 10.1. The van der Waals surface area contributed by atoms with Crippen molar-refractivity contribution in [3.05, 3.63) is 0 Å². The summed E-state index contributed by atoms with van der Waals surface area (Å²) in [6, 6.07) is 0. The van der Waals surface area contributed by atoms with Gasteiger partial charge in [0.15, 0.2) is 8.32 Å². The Hall–Kier alpha value is -0.483. The molecule has 0 aromatic carbocycles. The molecular formula is C14H28O3Si. The summed E-state index contributed by atoms with van der Waals surface area (Å²) >= 11 is 0. The maximum absolute atomic E-state index is 11.7. The summed E-state index contributed by atoms with van der Waals surface area (Å²) in [5.74, 6) is 0.00702. The Bertz CT molecular complexity index is 303. The summed E-state index contributed by atoms with van der Waals surface area (Å²) in [4.78, 5) is 22.9. The lowest BCUT2D eigenvalue weighted by Crippen LogP contribution is -2.43. The molecule has 0 aliphatic heterocycles. The number of ketones is 2. The number of carbonyl (C=O) groups is 2. The van der Waals surface area contributed by atoms with Crippen molar-refractivity contribution in [1.29, 1.82) is 0 Å². The summed E-state index contributed by atoms with van der Waals surface area (Å²) < 4.78 is 6.09. The van der Waals surface area contributed by atoms with Crippen molar-refractivity contribution in [3.63, 3.8) is 0 Å². The first-order chi connectivity index (χ1) is 7.99. The molecule has 0 N–H and O–H groups in total. The van der Waals surface area contributed by atoms with Crippen LogP contribution < -0.4 is 0 Å². The fourth-order valence-corrected chi connectivity index (χ4v) is 2.90. The molecule has 0 radical (unpaired) electrons. The molecule has 3 nitrogen and oxygen atoms in total. The van der Waals surface area contributed by atoms with Crippen molar-refractivity contribution in [2.75, 3.05) is 0 Å². The zero-order chi connectivity index (χ0) is 14.6. The Morgan fingerprint density at radius 2 is 1.67 bits per heavy atom. The van der Waals surface area contributed by atoms with Gasteiger partial charge in [0.05, 0.1) is 6.42 Å². The zero-order valence-electron chi connectivity index (χ0n) is 12.9. The minimum atomic E-state index is -1.82. The van der Waals surface area contributed by atoms with Crippen molar-refractivity contribution in [1.82, 2.24) is 0 Å². The fraction of sp³-hybridized carbons (Fsp3) is 0.857. The van der Waals surface area contributed by atoms with Crippen LogP contribution in [0.2, 0.25) is 18.1 Å². The van der Waals surface area contributed by atoms with E-state index in [2.05, 4.69) is 33.9 Å². The molecule has 0 spiro atoms. The Balaban J connectivity index is 4.31. The van der Waals surface area contributed by atoms with E-state index in [4.69, 9.17) is 4.43 Å². The SMILES string of the molecule is CCC(=O)CC(=O)C[C@@H](C)O[Si](C)(C)C(C)(C)C. The van der Waals surface area contributed by atoms with Crippen LogP contribution in [0.5, 0.6) is 0 Å². The van der Waals surface area contributed by atoms with Crippen LogP contribution in [-0.4, -0.2) is 26.0 Å². The van der Waals surface area contributed by atoms with Crippen molar-refractivity contribution in [2.24, 2.45) is 0 Å². The van der Waals surface area contributed by atoms with E-state index in [1.165, 1.54) is 0 Å². The molecule has 0 aliphatic carbocycles. The first-order valence-corrected chi connectivity index (χ1v) is 9.61. The van der Waals surface area contributed by atoms with Crippen LogP contribution in [0, 0.1) is 0 Å². The first kappa shape index (κ1) is 17.5. The highest BCUT2D eigenvalue weighted by molar-refractivity contribution is 6.74. The van der Waals surface area contributed by atoms with E-state index in [-0.39, 0.29) is 29.1 Å². The summed E-state index contributed by atoms with van der Waals surface area (Å²) in [6.07, 6.45) is 0.742. The average Bonchev–Trinajstić information content (AvgIpc) is 2.13. The quantitative estimate of drug-likeness (QED) is 0.524. The molecule has 0 heterocycles. The molecule has 0 rings (SSSR count). The highest BCUT2D eigenvalue weighted by atomic mass is 28.4. The van der Waals surface area contributed by atoms with Gasteiger partial charge in [-0.15, -0.1) is 0 Å². The van der Waals surface area contributed by atoms with Gasteiger partial charge in [0, 0.05) is 18.9 Å². The Morgan fingerprint density at radius 3 is 2.06 bits per heavy atom. The summed E-state index contributed by atoms with van der Waals surface area (Å²) in [5.41, 5.74) is 0. The van der Waals surface area contributed by atoms with Crippen LogP contribution in [0.3, 0.4) is 0 Å². The fourth-order valence-electron chi connectivity index (χ4n) is 1.46. The lowest BCUT2D eigenvalue weighted by molar-refractivity contribution is -0.127. The number of hydrogen-bond acceptors (Lipinski definition) is 3. The summed E-state index contributed by atoms with van der Waals surface area (Å²) in [6.45, 7) is 14.6. The second kappa shape index (κ2) is 6.62. The molecule has 0 amide bonds. The van der Waals surface area contributed by atoms with E-state index in [1.54, 1.807) is 6.92 Å². The molecule has 0 unspecified atom stereocenters. The predicted molar refractivity (Wildman–Crippen MR) is 77.3 cm³/mol. The smallest absolute Gasteiger partial charge is 0.192 e. The molecule has 18 heavy (non-hydrogen) atoms. The van der Waals surface area contributed by atoms with Crippen LogP contribution in [0.25, 0.3) is 0 Å². The van der Waals surface area contributed by atoms with Crippen molar-refractivity contribution >= 4 is 19.9 Å². The molecule has 0 aromatic rings. The Kier molecular flexibility index (Phi) is 6.44. The summed E-state index contributed by atoms with van der Waals surface area (Å²) in [7, 11) is -1.82. The van der Waals surface area contributed by atoms with Gasteiger partial charge < -0.3 is 4.43 Å². The number of Topliss-reactive ketones (excluding diaryl/α,β-unsaturated/α-hetero) is 2. The summed E-state index contributed by atoms with van der Waals surface area (Å²) in [5, 5.41) is 0.142. The van der Waals surface area contributed by atoms with Crippen LogP contribution in [0.4, 0.5) is 0 Å². The second-order valence-corrected chi connectivity index (χ2v) is 11.3. The van der Waals surface area contributed by atoms with Crippen molar-refractivity contribution in [2.45, 2.75) is 78.1 Å². The van der Waals surface area contributed by atoms with E-state index >= 15 is 0 Å².